The van der Waals surface area contributed by atoms with E-state index >= 15 is 0 Å². The maximum absolute atomic E-state index is 11.4. The van der Waals surface area contributed by atoms with Crippen LogP contribution in [0.25, 0.3) is 0 Å². The minimum absolute atomic E-state index is 0.132. The third kappa shape index (κ3) is 4.57. The number of carbonyl (C=O) groups excluding carboxylic acids is 2. The average Bonchev–Trinajstić information content (AvgIpc) is 2.39. The molecule has 0 aliphatic carbocycles. The van der Waals surface area contributed by atoms with Crippen molar-refractivity contribution in [2.75, 3.05) is 18.5 Å². The Hall–Kier alpha value is -1.84. The van der Waals surface area contributed by atoms with Crippen molar-refractivity contribution in [2.24, 2.45) is 0 Å². The van der Waals surface area contributed by atoms with Crippen molar-refractivity contribution >= 4 is 17.4 Å². The van der Waals surface area contributed by atoms with E-state index in [9.17, 15) is 9.59 Å². The Bertz CT molecular complexity index is 398. The fourth-order valence-electron chi connectivity index (χ4n) is 1.52. The van der Waals surface area contributed by atoms with Crippen LogP contribution in [-0.4, -0.2) is 24.9 Å². The molecule has 0 aliphatic rings. The molecule has 1 N–H and O–H groups in total. The zero-order chi connectivity index (χ0) is 13.4. The Labute approximate surface area is 107 Å². The fourth-order valence-corrected chi connectivity index (χ4v) is 1.52. The minimum atomic E-state index is -0.206. The minimum Gasteiger partial charge on any atom is -0.466 e. The number of hydrogen-bond donors (Lipinski definition) is 1. The Morgan fingerprint density at radius 2 is 1.83 bits per heavy atom. The quantitative estimate of drug-likeness (QED) is 0.596. The molecule has 0 aliphatic heterocycles. The van der Waals surface area contributed by atoms with Crippen LogP contribution in [0.4, 0.5) is 5.69 Å². The van der Waals surface area contributed by atoms with Gasteiger partial charge in [0.05, 0.1) is 13.0 Å². The molecule has 0 bridgehead atoms. The molecule has 0 saturated heterocycles. The first-order chi connectivity index (χ1) is 8.67. The highest BCUT2D eigenvalue weighted by atomic mass is 16.5. The number of ether oxygens (including phenoxy) is 1. The summed E-state index contributed by atoms with van der Waals surface area (Å²) in [7, 11) is 0. The van der Waals surface area contributed by atoms with Gasteiger partial charge in [-0.1, -0.05) is 6.92 Å². The number of anilines is 1. The number of benzene rings is 1. The van der Waals surface area contributed by atoms with E-state index in [-0.39, 0.29) is 11.8 Å². The van der Waals surface area contributed by atoms with Crippen molar-refractivity contribution in [3.8, 4) is 0 Å². The largest absolute Gasteiger partial charge is 0.466 e. The molecule has 0 atom stereocenters. The van der Waals surface area contributed by atoms with Crippen molar-refractivity contribution in [2.45, 2.75) is 26.7 Å². The van der Waals surface area contributed by atoms with Crippen LogP contribution in [-0.2, 0) is 9.53 Å². The van der Waals surface area contributed by atoms with Crippen LogP contribution >= 0.6 is 0 Å². The summed E-state index contributed by atoms with van der Waals surface area (Å²) < 4.78 is 4.82. The Balaban J connectivity index is 2.40. The third-order valence-corrected chi connectivity index (χ3v) is 2.49. The van der Waals surface area contributed by atoms with E-state index in [1.165, 1.54) is 0 Å². The average molecular weight is 249 g/mol. The van der Waals surface area contributed by atoms with Gasteiger partial charge in [0.2, 0.25) is 0 Å². The first-order valence-electron chi connectivity index (χ1n) is 6.20. The molecule has 98 valence electrons. The summed E-state index contributed by atoms with van der Waals surface area (Å²) >= 11 is 0. The summed E-state index contributed by atoms with van der Waals surface area (Å²) in [5.74, 6) is -0.0733. The molecule has 0 spiro atoms. The van der Waals surface area contributed by atoms with E-state index in [2.05, 4.69) is 5.32 Å². The number of hydrogen-bond acceptors (Lipinski definition) is 4. The topological polar surface area (TPSA) is 55.4 Å². The molecule has 1 rings (SSSR count). The lowest BCUT2D eigenvalue weighted by atomic mass is 10.1. The number of carbonyl (C=O) groups is 2. The summed E-state index contributed by atoms with van der Waals surface area (Å²) in [5, 5.41) is 3.11. The maximum atomic E-state index is 11.4. The standard InChI is InChI=1S/C14H19NO3/c1-3-13(16)11-5-7-12(8-6-11)15-10-9-14(17)18-4-2/h5-8,15H,3-4,9-10H2,1-2H3. The highest BCUT2D eigenvalue weighted by molar-refractivity contribution is 5.96. The molecule has 0 saturated carbocycles. The Kier molecular flexibility index (Phi) is 5.91. The Morgan fingerprint density at radius 3 is 2.39 bits per heavy atom. The molecule has 0 radical (unpaired) electrons. The predicted molar refractivity (Wildman–Crippen MR) is 70.8 cm³/mol. The van der Waals surface area contributed by atoms with Gasteiger partial charge < -0.3 is 10.1 Å². The normalized spacial score (nSPS) is 9.89. The van der Waals surface area contributed by atoms with Crippen molar-refractivity contribution in [3.05, 3.63) is 29.8 Å². The van der Waals surface area contributed by atoms with E-state index in [4.69, 9.17) is 4.74 Å². The van der Waals surface area contributed by atoms with Gasteiger partial charge in [0.25, 0.3) is 0 Å². The van der Waals surface area contributed by atoms with Gasteiger partial charge in [0.1, 0.15) is 0 Å². The number of esters is 1. The van der Waals surface area contributed by atoms with Crippen LogP contribution in [0.15, 0.2) is 24.3 Å². The van der Waals surface area contributed by atoms with Gasteiger partial charge in [-0.15, -0.1) is 0 Å². The van der Waals surface area contributed by atoms with Crippen LogP contribution in [0, 0.1) is 0 Å². The molecule has 0 unspecified atom stereocenters. The number of ketones is 1. The van der Waals surface area contributed by atoms with Crippen LogP contribution in [0.3, 0.4) is 0 Å². The number of Topliss-reactive ketones (excluding diaryl/α,β-unsaturated/α-hetero) is 1. The van der Waals surface area contributed by atoms with Crippen molar-refractivity contribution in [1.29, 1.82) is 0 Å². The van der Waals surface area contributed by atoms with Gasteiger partial charge in [-0.25, -0.2) is 0 Å². The van der Waals surface area contributed by atoms with Gasteiger partial charge >= 0.3 is 5.97 Å². The smallest absolute Gasteiger partial charge is 0.307 e. The molecular formula is C14H19NO3. The second-order valence-electron chi connectivity index (χ2n) is 3.84. The highest BCUT2D eigenvalue weighted by Gasteiger charge is 2.03. The molecule has 0 amide bonds. The molecule has 0 fully saturated rings. The third-order valence-electron chi connectivity index (χ3n) is 2.49. The summed E-state index contributed by atoms with van der Waals surface area (Å²) in [4.78, 5) is 22.5. The van der Waals surface area contributed by atoms with Crippen molar-refractivity contribution in [1.82, 2.24) is 0 Å². The first-order valence-corrected chi connectivity index (χ1v) is 6.20. The lowest BCUT2D eigenvalue weighted by molar-refractivity contribution is -0.142. The summed E-state index contributed by atoms with van der Waals surface area (Å²) in [6, 6.07) is 7.26. The van der Waals surface area contributed by atoms with Gasteiger partial charge in [-0.2, -0.15) is 0 Å². The van der Waals surface area contributed by atoms with E-state index in [0.717, 1.165) is 5.69 Å². The van der Waals surface area contributed by atoms with E-state index < -0.39 is 0 Å². The number of nitrogens with one attached hydrogen (secondary N) is 1. The van der Waals surface area contributed by atoms with Crippen LogP contribution in [0.2, 0.25) is 0 Å². The maximum Gasteiger partial charge on any atom is 0.307 e. The van der Waals surface area contributed by atoms with Crippen LogP contribution in [0.1, 0.15) is 37.0 Å². The first kappa shape index (κ1) is 14.2. The second kappa shape index (κ2) is 7.48. The lowest BCUT2D eigenvalue weighted by Crippen LogP contribution is -2.11. The fraction of sp³-hybridized carbons (Fsp3) is 0.429. The zero-order valence-electron chi connectivity index (χ0n) is 10.9. The predicted octanol–water partition coefficient (Wildman–Crippen LogP) is 2.64. The summed E-state index contributed by atoms with van der Waals surface area (Å²) in [6.45, 7) is 4.56. The second-order valence-corrected chi connectivity index (χ2v) is 3.84. The van der Waals surface area contributed by atoms with Crippen molar-refractivity contribution in [3.63, 3.8) is 0 Å². The zero-order valence-corrected chi connectivity index (χ0v) is 10.9. The molecule has 1 aromatic rings. The van der Waals surface area contributed by atoms with E-state index in [0.29, 0.717) is 31.6 Å². The van der Waals surface area contributed by atoms with Gasteiger partial charge in [0.15, 0.2) is 5.78 Å². The van der Waals surface area contributed by atoms with E-state index in [1.54, 1.807) is 19.1 Å². The molecule has 0 heterocycles. The van der Waals surface area contributed by atoms with Crippen molar-refractivity contribution < 1.29 is 14.3 Å². The van der Waals surface area contributed by atoms with Gasteiger partial charge in [0, 0.05) is 24.2 Å². The lowest BCUT2D eigenvalue weighted by Gasteiger charge is -2.06. The monoisotopic (exact) mass is 249 g/mol. The van der Waals surface area contributed by atoms with Gasteiger partial charge in [-0.3, -0.25) is 9.59 Å². The highest BCUT2D eigenvalue weighted by Crippen LogP contribution is 2.11. The van der Waals surface area contributed by atoms with Crippen LogP contribution in [0.5, 0.6) is 0 Å². The van der Waals surface area contributed by atoms with E-state index in [1.807, 2.05) is 19.1 Å². The number of rotatable bonds is 7. The molecule has 1 aromatic carbocycles. The SMILES string of the molecule is CCOC(=O)CCNc1ccc(C(=O)CC)cc1. The van der Waals surface area contributed by atoms with Crippen LogP contribution < -0.4 is 5.32 Å². The van der Waals surface area contributed by atoms with Gasteiger partial charge in [-0.05, 0) is 31.2 Å². The summed E-state index contributed by atoms with van der Waals surface area (Å²) in [5.41, 5.74) is 1.61. The molecule has 18 heavy (non-hydrogen) atoms. The Morgan fingerprint density at radius 1 is 1.17 bits per heavy atom. The molecule has 4 nitrogen and oxygen atoms in total. The molecular weight excluding hydrogens is 230 g/mol. The summed E-state index contributed by atoms with van der Waals surface area (Å²) in [6.07, 6.45) is 0.846. The molecule has 0 aromatic heterocycles. The molecule has 4 heteroatoms.